The van der Waals surface area contributed by atoms with Crippen molar-refractivity contribution in [1.82, 2.24) is 9.80 Å². The summed E-state index contributed by atoms with van der Waals surface area (Å²) in [6.45, 7) is 2.46. The molecule has 1 rings (SSSR count). The molecule has 1 atom stereocenters. The van der Waals surface area contributed by atoms with Gasteiger partial charge in [0.1, 0.15) is 0 Å². The number of hydrogen-bond acceptors (Lipinski definition) is 2. The quantitative estimate of drug-likeness (QED) is 0.574. The van der Waals surface area contributed by atoms with E-state index in [-0.39, 0.29) is 25.7 Å². The van der Waals surface area contributed by atoms with Crippen LogP contribution in [0.5, 0.6) is 0 Å². The van der Waals surface area contributed by atoms with E-state index in [1.165, 1.54) is 9.80 Å². The van der Waals surface area contributed by atoms with E-state index in [2.05, 4.69) is 0 Å². The molecule has 0 radical (unpaired) electrons. The summed E-state index contributed by atoms with van der Waals surface area (Å²) in [4.78, 5) is 23.6. The number of rotatable bonds is 0. The Hall–Kier alpha value is -1.46. The number of carboxylic acid groups (broad SMARTS) is 2. The smallest absolute Gasteiger partial charge is 0.407 e. The molecule has 2 amide bonds. The van der Waals surface area contributed by atoms with Crippen LogP contribution in [0.3, 0.4) is 0 Å². The van der Waals surface area contributed by atoms with Gasteiger partial charge in [-0.2, -0.15) is 0 Å². The summed E-state index contributed by atoms with van der Waals surface area (Å²) in [6, 6.07) is -0.262. The monoisotopic (exact) mass is 188 g/mol. The molecule has 6 heteroatoms. The number of carbonyl (C=O) groups is 2. The van der Waals surface area contributed by atoms with Crippen LogP contribution in [0.2, 0.25) is 0 Å². The van der Waals surface area contributed by atoms with Crippen LogP contribution in [0.1, 0.15) is 6.92 Å². The second kappa shape index (κ2) is 3.51. The summed E-state index contributed by atoms with van der Waals surface area (Å²) in [7, 11) is 0. The minimum Gasteiger partial charge on any atom is -0.465 e. The minimum atomic E-state index is -0.989. The van der Waals surface area contributed by atoms with Gasteiger partial charge in [-0.1, -0.05) is 0 Å². The first-order valence-electron chi connectivity index (χ1n) is 4.00. The molecule has 0 aromatic carbocycles. The van der Waals surface area contributed by atoms with Crippen molar-refractivity contribution in [3.05, 3.63) is 0 Å². The fourth-order valence-corrected chi connectivity index (χ4v) is 1.42. The SMILES string of the molecule is C[C@H]1CN(C(=O)O)CCN1C(=O)O. The van der Waals surface area contributed by atoms with Crippen molar-refractivity contribution >= 4 is 12.2 Å². The van der Waals surface area contributed by atoms with E-state index in [4.69, 9.17) is 10.2 Å². The van der Waals surface area contributed by atoms with Crippen molar-refractivity contribution in [3.63, 3.8) is 0 Å². The molecule has 0 aromatic heterocycles. The van der Waals surface area contributed by atoms with Crippen molar-refractivity contribution in [3.8, 4) is 0 Å². The molecule has 0 unspecified atom stereocenters. The Balaban J connectivity index is 2.56. The highest BCUT2D eigenvalue weighted by molar-refractivity contribution is 5.68. The second-order valence-corrected chi connectivity index (χ2v) is 3.05. The summed E-state index contributed by atoms with van der Waals surface area (Å²) in [6.07, 6.45) is -1.98. The third kappa shape index (κ3) is 2.01. The average molecular weight is 188 g/mol. The van der Waals surface area contributed by atoms with Gasteiger partial charge in [-0.15, -0.1) is 0 Å². The third-order valence-electron chi connectivity index (χ3n) is 2.14. The van der Waals surface area contributed by atoms with Crippen molar-refractivity contribution < 1.29 is 19.8 Å². The highest BCUT2D eigenvalue weighted by Crippen LogP contribution is 2.09. The van der Waals surface area contributed by atoms with Gasteiger partial charge in [-0.3, -0.25) is 0 Å². The summed E-state index contributed by atoms with van der Waals surface area (Å²) in [5.74, 6) is 0. The van der Waals surface area contributed by atoms with E-state index in [1.54, 1.807) is 6.92 Å². The first kappa shape index (κ1) is 9.63. The summed E-state index contributed by atoms with van der Waals surface area (Å²) >= 11 is 0. The zero-order valence-electron chi connectivity index (χ0n) is 7.30. The Morgan fingerprint density at radius 3 is 2.23 bits per heavy atom. The van der Waals surface area contributed by atoms with Gasteiger partial charge in [0, 0.05) is 19.6 Å². The highest BCUT2D eigenvalue weighted by atomic mass is 16.4. The maximum atomic E-state index is 10.6. The molecule has 0 spiro atoms. The van der Waals surface area contributed by atoms with Crippen molar-refractivity contribution in [2.45, 2.75) is 13.0 Å². The molecule has 1 heterocycles. The Morgan fingerprint density at radius 1 is 1.23 bits per heavy atom. The van der Waals surface area contributed by atoms with Crippen molar-refractivity contribution in [2.24, 2.45) is 0 Å². The molecule has 0 saturated carbocycles. The van der Waals surface area contributed by atoms with Gasteiger partial charge in [0.25, 0.3) is 0 Å². The van der Waals surface area contributed by atoms with Gasteiger partial charge in [0.2, 0.25) is 0 Å². The predicted octanol–water partition coefficient (Wildman–Crippen LogP) is 0.348. The molecule has 13 heavy (non-hydrogen) atoms. The number of piperazine rings is 1. The van der Waals surface area contributed by atoms with E-state index >= 15 is 0 Å². The fraction of sp³-hybridized carbons (Fsp3) is 0.714. The van der Waals surface area contributed by atoms with E-state index in [1.807, 2.05) is 0 Å². The van der Waals surface area contributed by atoms with E-state index < -0.39 is 12.2 Å². The van der Waals surface area contributed by atoms with Crippen LogP contribution in [0.15, 0.2) is 0 Å². The first-order valence-corrected chi connectivity index (χ1v) is 4.00. The van der Waals surface area contributed by atoms with Crippen LogP contribution in [0, 0.1) is 0 Å². The topological polar surface area (TPSA) is 81.1 Å². The Labute approximate surface area is 75.4 Å². The number of nitrogens with zero attached hydrogens (tertiary/aromatic N) is 2. The van der Waals surface area contributed by atoms with Crippen LogP contribution in [0.4, 0.5) is 9.59 Å². The Morgan fingerprint density at radius 2 is 1.85 bits per heavy atom. The molecule has 1 saturated heterocycles. The lowest BCUT2D eigenvalue weighted by atomic mass is 10.2. The number of amides is 2. The Bertz CT molecular complexity index is 231. The van der Waals surface area contributed by atoms with Crippen LogP contribution in [-0.2, 0) is 0 Å². The van der Waals surface area contributed by atoms with E-state index in [9.17, 15) is 9.59 Å². The molecular formula is C7H12N2O4. The van der Waals surface area contributed by atoms with E-state index in [0.29, 0.717) is 0 Å². The summed E-state index contributed by atoms with van der Waals surface area (Å²) in [5.41, 5.74) is 0. The fourth-order valence-electron chi connectivity index (χ4n) is 1.42. The molecule has 74 valence electrons. The second-order valence-electron chi connectivity index (χ2n) is 3.05. The van der Waals surface area contributed by atoms with Crippen LogP contribution in [0.25, 0.3) is 0 Å². The van der Waals surface area contributed by atoms with Gasteiger partial charge in [-0.25, -0.2) is 9.59 Å². The predicted molar refractivity (Wildman–Crippen MR) is 43.8 cm³/mol. The molecular weight excluding hydrogens is 176 g/mol. The standard InChI is InChI=1S/C7H12N2O4/c1-5-4-8(6(10)11)2-3-9(5)7(12)13/h5H,2-4H2,1H3,(H,10,11)(H,12,13)/t5-/m0/s1. The zero-order chi connectivity index (χ0) is 10.0. The first-order chi connectivity index (χ1) is 6.02. The van der Waals surface area contributed by atoms with Crippen LogP contribution >= 0.6 is 0 Å². The normalized spacial score (nSPS) is 23.0. The van der Waals surface area contributed by atoms with Crippen LogP contribution < -0.4 is 0 Å². The molecule has 1 aliphatic heterocycles. The minimum absolute atomic E-state index is 0.252. The largest absolute Gasteiger partial charge is 0.465 e. The lowest BCUT2D eigenvalue weighted by Crippen LogP contribution is -2.54. The third-order valence-corrected chi connectivity index (χ3v) is 2.14. The van der Waals surface area contributed by atoms with Gasteiger partial charge in [0.05, 0.1) is 6.04 Å². The number of hydrogen-bond donors (Lipinski definition) is 2. The maximum absolute atomic E-state index is 10.6. The van der Waals surface area contributed by atoms with Gasteiger partial charge in [0.15, 0.2) is 0 Å². The molecule has 0 aliphatic carbocycles. The lowest BCUT2D eigenvalue weighted by molar-refractivity contribution is 0.0692. The molecule has 0 aromatic rings. The molecule has 1 aliphatic rings. The summed E-state index contributed by atoms with van der Waals surface area (Å²) < 4.78 is 0. The van der Waals surface area contributed by atoms with Gasteiger partial charge >= 0.3 is 12.2 Å². The zero-order valence-corrected chi connectivity index (χ0v) is 7.30. The van der Waals surface area contributed by atoms with E-state index in [0.717, 1.165) is 0 Å². The van der Waals surface area contributed by atoms with Gasteiger partial charge in [-0.05, 0) is 6.92 Å². The molecule has 1 fully saturated rings. The van der Waals surface area contributed by atoms with Crippen molar-refractivity contribution in [1.29, 1.82) is 0 Å². The van der Waals surface area contributed by atoms with Crippen molar-refractivity contribution in [2.75, 3.05) is 19.6 Å². The Kier molecular flexibility index (Phi) is 2.60. The molecule has 0 bridgehead atoms. The van der Waals surface area contributed by atoms with Crippen LogP contribution in [-0.4, -0.2) is 57.9 Å². The highest BCUT2D eigenvalue weighted by Gasteiger charge is 2.28. The molecule has 2 N–H and O–H groups in total. The summed E-state index contributed by atoms with van der Waals surface area (Å²) in [5, 5.41) is 17.3. The molecule has 6 nitrogen and oxygen atoms in total. The average Bonchev–Trinajstić information content (AvgIpc) is 2.03. The maximum Gasteiger partial charge on any atom is 0.407 e. The van der Waals surface area contributed by atoms with Gasteiger partial charge < -0.3 is 20.0 Å². The lowest BCUT2D eigenvalue weighted by Gasteiger charge is -2.36.